The van der Waals surface area contributed by atoms with Crippen molar-refractivity contribution in [3.05, 3.63) is 124 Å². The molecule has 0 aliphatic rings. The molecule has 10 heteroatoms. The van der Waals surface area contributed by atoms with Crippen LogP contribution in [0.4, 0.5) is 5.69 Å². The van der Waals surface area contributed by atoms with E-state index in [4.69, 9.17) is 4.74 Å². The lowest BCUT2D eigenvalue weighted by molar-refractivity contribution is -0.140. The molecule has 0 aliphatic carbocycles. The average Bonchev–Trinajstić information content (AvgIpc) is 3.03. The maximum atomic E-state index is 14.6. The van der Waals surface area contributed by atoms with Gasteiger partial charge in [-0.1, -0.05) is 76.1 Å². The van der Waals surface area contributed by atoms with Gasteiger partial charge in [0, 0.05) is 23.0 Å². The van der Waals surface area contributed by atoms with E-state index in [2.05, 4.69) is 21.2 Å². The number of sulfonamides is 1. The van der Waals surface area contributed by atoms with Crippen LogP contribution in [0.25, 0.3) is 0 Å². The Bertz CT molecular complexity index is 1740. The number of carbonyl (C=O) groups excluding carboxylic acids is 2. The van der Waals surface area contributed by atoms with Gasteiger partial charge in [0.15, 0.2) is 0 Å². The fraction of sp³-hybridized carbons (Fsp3) is 0.297. The number of hydrogen-bond acceptors (Lipinski definition) is 5. The van der Waals surface area contributed by atoms with Crippen molar-refractivity contribution in [2.75, 3.05) is 17.5 Å². The molecule has 0 radical (unpaired) electrons. The molecule has 4 aromatic carbocycles. The summed E-state index contributed by atoms with van der Waals surface area (Å²) in [6, 6.07) is 29.1. The van der Waals surface area contributed by atoms with E-state index >= 15 is 0 Å². The Hall–Kier alpha value is -4.15. The predicted molar refractivity (Wildman–Crippen MR) is 190 cm³/mol. The van der Waals surface area contributed by atoms with Gasteiger partial charge in [0.1, 0.15) is 18.3 Å². The molecule has 0 saturated carbocycles. The molecule has 2 amide bonds. The standard InChI is InChI=1S/C37H42BrN3O5S/c1-6-46-32-20-18-31(19-21-32)41(47(44,45)33-22-12-27(2)13-23-33)26-35(42)40(25-29-14-16-30(38)17-15-29)34(36(43)39-37(3,4)5)24-28-10-8-7-9-11-28/h7-23,34H,6,24-26H2,1-5H3,(H,39,43)/t34-/m1/s1. The predicted octanol–water partition coefficient (Wildman–Crippen LogP) is 6.91. The van der Waals surface area contributed by atoms with Gasteiger partial charge in [-0.15, -0.1) is 0 Å². The minimum absolute atomic E-state index is 0.0514. The van der Waals surface area contributed by atoms with Crippen LogP contribution in [-0.4, -0.2) is 49.9 Å². The molecule has 1 atom stereocenters. The van der Waals surface area contributed by atoms with Crippen LogP contribution < -0.4 is 14.4 Å². The summed E-state index contributed by atoms with van der Waals surface area (Å²) in [6.07, 6.45) is 0.235. The van der Waals surface area contributed by atoms with E-state index in [0.717, 1.165) is 25.5 Å². The Kier molecular flexibility index (Phi) is 11.9. The second-order valence-corrected chi connectivity index (χ2v) is 15.1. The Morgan fingerprint density at radius 2 is 1.47 bits per heavy atom. The van der Waals surface area contributed by atoms with Crippen LogP contribution in [0.2, 0.25) is 0 Å². The van der Waals surface area contributed by atoms with Gasteiger partial charge in [0.05, 0.1) is 17.2 Å². The number of aryl methyl sites for hydroxylation is 1. The second kappa shape index (κ2) is 15.6. The Labute approximate surface area is 286 Å². The Balaban J connectivity index is 1.81. The van der Waals surface area contributed by atoms with Crippen molar-refractivity contribution >= 4 is 43.5 Å². The van der Waals surface area contributed by atoms with Gasteiger partial charge in [-0.3, -0.25) is 13.9 Å². The summed E-state index contributed by atoms with van der Waals surface area (Å²) in [5.41, 5.74) is 2.29. The summed E-state index contributed by atoms with van der Waals surface area (Å²) in [4.78, 5) is 30.1. The minimum atomic E-state index is -4.20. The number of rotatable bonds is 13. The number of anilines is 1. The SMILES string of the molecule is CCOc1ccc(N(CC(=O)N(Cc2ccc(Br)cc2)[C@H](Cc2ccccc2)C(=O)NC(C)(C)C)S(=O)(=O)c2ccc(C)cc2)cc1. The topological polar surface area (TPSA) is 96.0 Å². The van der Waals surface area contributed by atoms with E-state index < -0.39 is 34.1 Å². The zero-order chi connectivity index (χ0) is 34.2. The van der Waals surface area contributed by atoms with Crippen LogP contribution in [0.3, 0.4) is 0 Å². The van der Waals surface area contributed by atoms with Crippen LogP contribution >= 0.6 is 15.9 Å². The van der Waals surface area contributed by atoms with E-state index in [-0.39, 0.29) is 23.8 Å². The molecular formula is C37H42BrN3O5S. The summed E-state index contributed by atoms with van der Waals surface area (Å²) < 4.78 is 36.0. The largest absolute Gasteiger partial charge is 0.494 e. The third-order valence-corrected chi connectivity index (χ3v) is 9.68. The summed E-state index contributed by atoms with van der Waals surface area (Å²) >= 11 is 3.46. The van der Waals surface area contributed by atoms with E-state index in [1.54, 1.807) is 36.4 Å². The number of nitrogens with zero attached hydrogens (tertiary/aromatic N) is 2. The van der Waals surface area contributed by atoms with Crippen molar-refractivity contribution in [2.24, 2.45) is 0 Å². The number of amides is 2. The maximum absolute atomic E-state index is 14.6. The lowest BCUT2D eigenvalue weighted by atomic mass is 10.0. The fourth-order valence-electron chi connectivity index (χ4n) is 5.03. The van der Waals surface area contributed by atoms with Crippen LogP contribution in [0, 0.1) is 6.92 Å². The third-order valence-electron chi connectivity index (χ3n) is 7.36. The molecule has 248 valence electrons. The lowest BCUT2D eigenvalue weighted by Crippen LogP contribution is -2.56. The van der Waals surface area contributed by atoms with Gasteiger partial charge >= 0.3 is 0 Å². The summed E-state index contributed by atoms with van der Waals surface area (Å²) in [6.45, 7) is 9.39. The van der Waals surface area contributed by atoms with Crippen molar-refractivity contribution < 1.29 is 22.7 Å². The Morgan fingerprint density at radius 3 is 2.04 bits per heavy atom. The quantitative estimate of drug-likeness (QED) is 0.162. The zero-order valence-electron chi connectivity index (χ0n) is 27.4. The monoisotopic (exact) mass is 719 g/mol. The van der Waals surface area contributed by atoms with Crippen molar-refractivity contribution in [1.82, 2.24) is 10.2 Å². The first-order valence-corrected chi connectivity index (χ1v) is 17.7. The number of halogens is 1. The molecule has 4 aromatic rings. The molecule has 8 nitrogen and oxygen atoms in total. The first-order valence-electron chi connectivity index (χ1n) is 15.5. The summed E-state index contributed by atoms with van der Waals surface area (Å²) in [5.74, 6) is -0.280. The highest BCUT2D eigenvalue weighted by atomic mass is 79.9. The van der Waals surface area contributed by atoms with E-state index in [1.165, 1.54) is 17.0 Å². The van der Waals surface area contributed by atoms with E-state index in [0.29, 0.717) is 18.0 Å². The first-order chi connectivity index (χ1) is 22.3. The number of benzene rings is 4. The van der Waals surface area contributed by atoms with E-state index in [1.807, 2.05) is 89.2 Å². The number of ether oxygens (including phenoxy) is 1. The van der Waals surface area contributed by atoms with Crippen molar-refractivity contribution in [1.29, 1.82) is 0 Å². The average molecular weight is 721 g/mol. The molecule has 0 spiro atoms. The third kappa shape index (κ3) is 9.92. The van der Waals surface area contributed by atoms with Crippen LogP contribution in [-0.2, 0) is 32.6 Å². The first kappa shape index (κ1) is 35.7. The van der Waals surface area contributed by atoms with Gasteiger partial charge < -0.3 is 15.0 Å². The lowest BCUT2D eigenvalue weighted by Gasteiger charge is -2.35. The number of hydrogen-bond donors (Lipinski definition) is 1. The van der Waals surface area contributed by atoms with Crippen molar-refractivity contribution in [2.45, 2.75) is 64.1 Å². The molecule has 0 unspecified atom stereocenters. The second-order valence-electron chi connectivity index (χ2n) is 12.3. The van der Waals surface area contributed by atoms with Gasteiger partial charge in [-0.25, -0.2) is 8.42 Å². The van der Waals surface area contributed by atoms with Gasteiger partial charge in [0.2, 0.25) is 11.8 Å². The van der Waals surface area contributed by atoms with Crippen LogP contribution in [0.5, 0.6) is 5.75 Å². The number of carbonyl (C=O) groups is 2. The fourth-order valence-corrected chi connectivity index (χ4v) is 6.71. The zero-order valence-corrected chi connectivity index (χ0v) is 29.8. The smallest absolute Gasteiger partial charge is 0.264 e. The highest BCUT2D eigenvalue weighted by molar-refractivity contribution is 9.10. The van der Waals surface area contributed by atoms with Gasteiger partial charge in [0.25, 0.3) is 10.0 Å². The minimum Gasteiger partial charge on any atom is -0.494 e. The highest BCUT2D eigenvalue weighted by Gasteiger charge is 2.35. The van der Waals surface area contributed by atoms with Crippen molar-refractivity contribution in [3.8, 4) is 5.75 Å². The Morgan fingerprint density at radius 1 is 0.851 bits per heavy atom. The van der Waals surface area contributed by atoms with Gasteiger partial charge in [-0.2, -0.15) is 0 Å². The number of nitrogens with one attached hydrogen (secondary N) is 1. The molecule has 0 heterocycles. The molecule has 0 bridgehead atoms. The molecule has 0 aromatic heterocycles. The van der Waals surface area contributed by atoms with Gasteiger partial charge in [-0.05, 0) is 94.3 Å². The molecule has 0 saturated heterocycles. The highest BCUT2D eigenvalue weighted by Crippen LogP contribution is 2.27. The van der Waals surface area contributed by atoms with E-state index in [9.17, 15) is 18.0 Å². The maximum Gasteiger partial charge on any atom is 0.264 e. The molecule has 0 fully saturated rings. The summed E-state index contributed by atoms with van der Waals surface area (Å²) in [7, 11) is -4.20. The molecule has 1 N–H and O–H groups in total. The van der Waals surface area contributed by atoms with Crippen molar-refractivity contribution in [3.63, 3.8) is 0 Å². The normalized spacial score (nSPS) is 12.2. The molecule has 0 aliphatic heterocycles. The summed E-state index contributed by atoms with van der Waals surface area (Å²) in [5, 5.41) is 3.05. The van der Waals surface area contributed by atoms with Crippen LogP contribution in [0.1, 0.15) is 44.4 Å². The van der Waals surface area contributed by atoms with Crippen LogP contribution in [0.15, 0.2) is 112 Å². The molecular weight excluding hydrogens is 678 g/mol. The molecule has 47 heavy (non-hydrogen) atoms. The molecule has 4 rings (SSSR count).